The molecular formula is C21H22F3NO3. The first-order valence-electron chi connectivity index (χ1n) is 8.65. The van der Waals surface area contributed by atoms with Gasteiger partial charge in [-0.25, -0.2) is 18.0 Å². The smallest absolute Gasteiger partial charge is 0.328 e. The molecule has 28 heavy (non-hydrogen) atoms. The van der Waals surface area contributed by atoms with Gasteiger partial charge in [-0.1, -0.05) is 45.0 Å². The lowest BCUT2D eigenvalue weighted by atomic mass is 9.86. The number of hydrogen-bond donors (Lipinski definition) is 1. The number of nitrogens with one attached hydrogen (secondary N) is 1. The van der Waals surface area contributed by atoms with Crippen LogP contribution in [0.5, 0.6) is 0 Å². The van der Waals surface area contributed by atoms with Gasteiger partial charge in [0.05, 0.1) is 7.11 Å². The minimum Gasteiger partial charge on any atom is -0.467 e. The lowest BCUT2D eigenvalue weighted by Crippen LogP contribution is -2.43. The van der Waals surface area contributed by atoms with E-state index >= 15 is 0 Å². The molecule has 0 bridgehead atoms. The molecule has 0 aromatic heterocycles. The molecule has 2 aromatic rings. The fourth-order valence-corrected chi connectivity index (χ4v) is 2.70. The van der Waals surface area contributed by atoms with E-state index in [9.17, 15) is 22.8 Å². The van der Waals surface area contributed by atoms with Gasteiger partial charge in [-0.05, 0) is 16.5 Å². The molecule has 4 nitrogen and oxygen atoms in total. The maximum Gasteiger partial charge on any atom is 0.328 e. The van der Waals surface area contributed by atoms with Crippen LogP contribution in [0.4, 0.5) is 13.2 Å². The van der Waals surface area contributed by atoms with Crippen molar-refractivity contribution in [2.45, 2.75) is 38.6 Å². The number of hydrogen-bond acceptors (Lipinski definition) is 3. The highest BCUT2D eigenvalue weighted by atomic mass is 19.1. The summed E-state index contributed by atoms with van der Waals surface area (Å²) in [6, 6.07) is 7.06. The zero-order valence-corrected chi connectivity index (χ0v) is 16.1. The molecule has 0 fully saturated rings. The van der Waals surface area contributed by atoms with Crippen LogP contribution in [0.2, 0.25) is 0 Å². The molecule has 0 saturated heterocycles. The Bertz CT molecular complexity index is 850. The molecular weight excluding hydrogens is 371 g/mol. The summed E-state index contributed by atoms with van der Waals surface area (Å²) in [5, 5.41) is 2.26. The van der Waals surface area contributed by atoms with Gasteiger partial charge in [0.15, 0.2) is 0 Å². The van der Waals surface area contributed by atoms with Gasteiger partial charge in [-0.2, -0.15) is 0 Å². The van der Waals surface area contributed by atoms with Crippen LogP contribution in [0.15, 0.2) is 36.4 Å². The minimum atomic E-state index is -1.35. The van der Waals surface area contributed by atoms with Gasteiger partial charge < -0.3 is 10.1 Å². The normalized spacial score (nSPS) is 12.4. The summed E-state index contributed by atoms with van der Waals surface area (Å²) in [6.45, 7) is 6.18. The van der Waals surface area contributed by atoms with Crippen molar-refractivity contribution in [2.24, 2.45) is 0 Å². The van der Waals surface area contributed by atoms with Crippen molar-refractivity contribution in [3.8, 4) is 0 Å². The molecule has 1 atom stereocenters. The fourth-order valence-electron chi connectivity index (χ4n) is 2.70. The average Bonchev–Trinajstić information content (AvgIpc) is 2.59. The maximum atomic E-state index is 13.8. The summed E-state index contributed by atoms with van der Waals surface area (Å²) in [7, 11) is 1.14. The number of amides is 1. The average molecular weight is 393 g/mol. The number of esters is 1. The Morgan fingerprint density at radius 2 is 1.57 bits per heavy atom. The highest BCUT2D eigenvalue weighted by molar-refractivity contribution is 5.97. The van der Waals surface area contributed by atoms with E-state index in [-0.39, 0.29) is 11.8 Å². The van der Waals surface area contributed by atoms with Gasteiger partial charge in [0.2, 0.25) is 0 Å². The Balaban J connectivity index is 2.23. The van der Waals surface area contributed by atoms with Gasteiger partial charge >= 0.3 is 5.97 Å². The SMILES string of the molecule is COC(=O)[C@@H](Cc1ccc(C(C)(C)C)cc1)NC(=O)c1c(F)cc(F)cc1F. The number of benzene rings is 2. The number of methoxy groups -OCH3 is 1. The summed E-state index contributed by atoms with van der Waals surface area (Å²) in [5.41, 5.74) is 0.805. The van der Waals surface area contributed by atoms with Crippen molar-refractivity contribution in [3.63, 3.8) is 0 Å². The van der Waals surface area contributed by atoms with Gasteiger partial charge in [0.25, 0.3) is 5.91 Å². The van der Waals surface area contributed by atoms with E-state index in [1.54, 1.807) is 0 Å². The summed E-state index contributed by atoms with van der Waals surface area (Å²) in [4.78, 5) is 24.3. The van der Waals surface area contributed by atoms with Crippen LogP contribution in [-0.2, 0) is 21.4 Å². The van der Waals surface area contributed by atoms with E-state index < -0.39 is 40.9 Å². The van der Waals surface area contributed by atoms with Crippen LogP contribution in [0.3, 0.4) is 0 Å². The summed E-state index contributed by atoms with van der Waals surface area (Å²) < 4.78 is 45.4. The van der Waals surface area contributed by atoms with Crippen LogP contribution in [0.25, 0.3) is 0 Å². The molecule has 0 saturated carbocycles. The van der Waals surface area contributed by atoms with E-state index in [2.05, 4.69) is 30.8 Å². The van der Waals surface area contributed by atoms with Crippen LogP contribution >= 0.6 is 0 Å². The molecule has 0 heterocycles. The molecule has 7 heteroatoms. The van der Waals surface area contributed by atoms with Gasteiger partial charge in [0, 0.05) is 18.6 Å². The topological polar surface area (TPSA) is 55.4 Å². The standard InChI is InChI=1S/C21H22F3NO3/c1-21(2,3)13-7-5-12(6-8-13)9-17(20(27)28-4)25-19(26)18-15(23)10-14(22)11-16(18)24/h5-8,10-11,17H,9H2,1-4H3,(H,25,26)/t17-/m1/s1. The van der Waals surface area contributed by atoms with Crippen molar-refractivity contribution in [2.75, 3.05) is 7.11 Å². The first-order valence-corrected chi connectivity index (χ1v) is 8.65. The molecule has 150 valence electrons. The second-order valence-corrected chi connectivity index (χ2v) is 7.44. The molecule has 0 spiro atoms. The van der Waals surface area contributed by atoms with Crippen LogP contribution in [0.1, 0.15) is 42.3 Å². The van der Waals surface area contributed by atoms with E-state index in [0.717, 1.165) is 18.2 Å². The Labute approximate surface area is 161 Å². The Hall–Kier alpha value is -2.83. The molecule has 0 unspecified atom stereocenters. The first kappa shape index (κ1) is 21.5. The van der Waals surface area contributed by atoms with Crippen molar-refractivity contribution < 1.29 is 27.5 Å². The van der Waals surface area contributed by atoms with Gasteiger partial charge in [-0.15, -0.1) is 0 Å². The third-order valence-corrected chi connectivity index (χ3v) is 4.28. The summed E-state index contributed by atoms with van der Waals surface area (Å²) in [5.74, 6) is -5.79. The van der Waals surface area contributed by atoms with Crippen molar-refractivity contribution >= 4 is 11.9 Å². The Kier molecular flexibility index (Phi) is 6.48. The lowest BCUT2D eigenvalue weighted by molar-refractivity contribution is -0.142. The second-order valence-electron chi connectivity index (χ2n) is 7.44. The molecule has 0 aliphatic rings. The molecule has 0 radical (unpaired) electrons. The van der Waals surface area contributed by atoms with Crippen LogP contribution in [-0.4, -0.2) is 25.0 Å². The molecule has 2 aromatic carbocycles. The molecule has 0 aliphatic carbocycles. The Morgan fingerprint density at radius 1 is 1.04 bits per heavy atom. The van der Waals surface area contributed by atoms with E-state index in [0.29, 0.717) is 12.1 Å². The highest BCUT2D eigenvalue weighted by Crippen LogP contribution is 2.22. The fraction of sp³-hybridized carbons (Fsp3) is 0.333. The highest BCUT2D eigenvalue weighted by Gasteiger charge is 2.26. The second kappa shape index (κ2) is 8.46. The number of carbonyl (C=O) groups excluding carboxylic acids is 2. The van der Waals surface area contributed by atoms with E-state index in [1.807, 2.05) is 24.3 Å². The predicted octanol–water partition coefficient (Wildman–Crippen LogP) is 3.92. The lowest BCUT2D eigenvalue weighted by Gasteiger charge is -2.20. The zero-order valence-electron chi connectivity index (χ0n) is 16.1. The number of ether oxygens (including phenoxy) is 1. The maximum absolute atomic E-state index is 13.8. The molecule has 1 amide bonds. The van der Waals surface area contributed by atoms with E-state index in [4.69, 9.17) is 0 Å². The van der Waals surface area contributed by atoms with Gasteiger partial charge in [0.1, 0.15) is 29.1 Å². The predicted molar refractivity (Wildman–Crippen MR) is 98.4 cm³/mol. The molecule has 0 aliphatic heterocycles. The number of halogens is 3. The zero-order chi connectivity index (χ0) is 21.1. The first-order chi connectivity index (χ1) is 13.0. The van der Waals surface area contributed by atoms with Crippen molar-refractivity contribution in [3.05, 3.63) is 70.5 Å². The van der Waals surface area contributed by atoms with Crippen molar-refractivity contribution in [1.29, 1.82) is 0 Å². The summed E-state index contributed by atoms with van der Waals surface area (Å²) >= 11 is 0. The van der Waals surface area contributed by atoms with Gasteiger partial charge in [-0.3, -0.25) is 4.79 Å². The third kappa shape index (κ3) is 5.12. The number of rotatable bonds is 5. The van der Waals surface area contributed by atoms with Crippen molar-refractivity contribution in [1.82, 2.24) is 5.32 Å². The quantitative estimate of drug-likeness (QED) is 0.784. The number of carbonyl (C=O) groups is 2. The Morgan fingerprint density at radius 3 is 2.04 bits per heavy atom. The molecule has 1 N–H and O–H groups in total. The monoisotopic (exact) mass is 393 g/mol. The van der Waals surface area contributed by atoms with Crippen LogP contribution in [0, 0.1) is 17.5 Å². The third-order valence-electron chi connectivity index (χ3n) is 4.28. The minimum absolute atomic E-state index is 0.0495. The summed E-state index contributed by atoms with van der Waals surface area (Å²) in [6.07, 6.45) is 0.0628. The largest absolute Gasteiger partial charge is 0.467 e. The van der Waals surface area contributed by atoms with E-state index in [1.165, 1.54) is 0 Å². The van der Waals surface area contributed by atoms with Crippen LogP contribution < -0.4 is 5.32 Å². The molecule has 2 rings (SSSR count).